The number of amides is 1. The first-order valence-electron chi connectivity index (χ1n) is 13.0. The number of hydrogen-bond acceptors (Lipinski definition) is 6. The molecule has 3 aromatic carbocycles. The highest BCUT2D eigenvalue weighted by Gasteiger charge is 2.41. The van der Waals surface area contributed by atoms with Crippen LogP contribution in [0.5, 0.6) is 0 Å². The number of carboxylic acids is 1. The molecule has 1 aliphatic heterocycles. The predicted octanol–water partition coefficient (Wildman–Crippen LogP) is 6.90. The molecule has 1 atom stereocenters. The fourth-order valence-corrected chi connectivity index (χ4v) is 5.00. The summed E-state index contributed by atoms with van der Waals surface area (Å²) in [5, 5.41) is 16.5. The molecule has 1 fully saturated rings. The largest absolute Gasteiger partial charge is 0.481 e. The lowest BCUT2D eigenvalue weighted by Crippen LogP contribution is -2.41. The summed E-state index contributed by atoms with van der Waals surface area (Å²) in [6, 6.07) is 20.9. The van der Waals surface area contributed by atoms with Gasteiger partial charge in [0, 0.05) is 24.3 Å². The Hall–Kier alpha value is -4.50. The van der Waals surface area contributed by atoms with Crippen molar-refractivity contribution in [3.8, 4) is 22.5 Å². The van der Waals surface area contributed by atoms with Crippen molar-refractivity contribution in [1.29, 1.82) is 0 Å². The molecule has 2 heterocycles. The topological polar surface area (TPSA) is 111 Å². The number of aryl methyl sites for hydroxylation is 1. The van der Waals surface area contributed by atoms with Crippen LogP contribution in [-0.4, -0.2) is 35.5 Å². The lowest BCUT2D eigenvalue weighted by Gasteiger charge is -2.33. The van der Waals surface area contributed by atoms with Crippen LogP contribution in [0.3, 0.4) is 0 Å². The van der Waals surface area contributed by atoms with Crippen LogP contribution in [0.25, 0.3) is 22.5 Å². The molecular formula is C31H29FN2O6. The van der Waals surface area contributed by atoms with E-state index in [9.17, 15) is 14.7 Å². The van der Waals surface area contributed by atoms with Gasteiger partial charge in [-0.25, -0.2) is 9.18 Å². The second-order valence-corrected chi connectivity index (χ2v) is 9.83. The third-order valence-corrected chi connectivity index (χ3v) is 7.38. The van der Waals surface area contributed by atoms with Gasteiger partial charge in [-0.2, -0.15) is 0 Å². The molecular weight excluding hydrogens is 515 g/mol. The molecule has 40 heavy (non-hydrogen) atoms. The minimum absolute atomic E-state index is 0.200. The first-order chi connectivity index (χ1) is 19.3. The Kier molecular flexibility index (Phi) is 7.66. The van der Waals surface area contributed by atoms with Gasteiger partial charge >= 0.3 is 12.1 Å². The number of carbonyl (C=O) groups excluding carboxylic acids is 1. The van der Waals surface area contributed by atoms with Gasteiger partial charge in [0.25, 0.3) is 0 Å². The highest BCUT2D eigenvalue weighted by molar-refractivity contribution is 5.91. The molecule has 206 valence electrons. The summed E-state index contributed by atoms with van der Waals surface area (Å²) in [6.07, 6.45) is -0.401. The molecule has 9 heteroatoms. The van der Waals surface area contributed by atoms with Crippen LogP contribution >= 0.6 is 0 Å². The molecule has 1 aromatic heterocycles. The van der Waals surface area contributed by atoms with Crippen molar-refractivity contribution in [3.63, 3.8) is 0 Å². The number of nitrogens with one attached hydrogen (secondary N) is 1. The van der Waals surface area contributed by atoms with Gasteiger partial charge in [0.1, 0.15) is 23.3 Å². The standard InChI is InChI=1S/C31H29FN2O6/c1-19-27(33-30(37)39-20(2)21-6-4-3-5-7-21)28(40-34-19)23-10-13-25(26(32)18-23)22-8-11-24(12-9-22)31(29(35)36)14-16-38-17-15-31/h3-13,18,20H,14-17H2,1-2H3,(H,33,37)(H,35,36). The van der Waals surface area contributed by atoms with E-state index in [0.717, 1.165) is 5.56 Å². The van der Waals surface area contributed by atoms with Gasteiger partial charge in [0.05, 0.1) is 5.41 Å². The van der Waals surface area contributed by atoms with Crippen LogP contribution in [0.15, 0.2) is 77.3 Å². The van der Waals surface area contributed by atoms with E-state index >= 15 is 4.39 Å². The molecule has 4 aromatic rings. The van der Waals surface area contributed by atoms with Gasteiger partial charge in [-0.05, 0) is 49.4 Å². The minimum atomic E-state index is -1.01. The zero-order valence-corrected chi connectivity index (χ0v) is 22.1. The van der Waals surface area contributed by atoms with Crippen LogP contribution < -0.4 is 5.32 Å². The van der Waals surface area contributed by atoms with Crippen molar-refractivity contribution in [2.45, 2.75) is 38.2 Å². The number of carbonyl (C=O) groups is 2. The summed E-state index contributed by atoms with van der Waals surface area (Å²) in [5.74, 6) is -1.20. The first kappa shape index (κ1) is 27.1. The van der Waals surface area contributed by atoms with E-state index in [4.69, 9.17) is 14.0 Å². The quantitative estimate of drug-likeness (QED) is 0.260. The lowest BCUT2D eigenvalue weighted by molar-refractivity contribution is -0.147. The van der Waals surface area contributed by atoms with E-state index in [1.807, 2.05) is 30.3 Å². The Balaban J connectivity index is 1.35. The Morgan fingerprint density at radius 1 is 1.02 bits per heavy atom. The van der Waals surface area contributed by atoms with Crippen LogP contribution in [0.2, 0.25) is 0 Å². The van der Waals surface area contributed by atoms with Crippen molar-refractivity contribution in [2.24, 2.45) is 0 Å². The zero-order chi connectivity index (χ0) is 28.3. The van der Waals surface area contributed by atoms with Gasteiger partial charge in [0.15, 0.2) is 5.76 Å². The van der Waals surface area contributed by atoms with Gasteiger partial charge in [-0.15, -0.1) is 0 Å². The van der Waals surface area contributed by atoms with E-state index in [0.29, 0.717) is 54.0 Å². The third kappa shape index (κ3) is 5.33. The van der Waals surface area contributed by atoms with Crippen molar-refractivity contribution in [3.05, 3.63) is 95.4 Å². The third-order valence-electron chi connectivity index (χ3n) is 7.38. The molecule has 5 rings (SSSR count). The van der Waals surface area contributed by atoms with Gasteiger partial charge in [-0.1, -0.05) is 71.9 Å². The first-order valence-corrected chi connectivity index (χ1v) is 13.0. The Labute approximate surface area is 230 Å². The number of aliphatic carboxylic acids is 1. The number of aromatic nitrogens is 1. The average Bonchev–Trinajstić information content (AvgIpc) is 3.33. The lowest BCUT2D eigenvalue weighted by atomic mass is 9.74. The molecule has 2 N–H and O–H groups in total. The van der Waals surface area contributed by atoms with Crippen LogP contribution in [0.1, 0.15) is 42.7 Å². The monoisotopic (exact) mass is 544 g/mol. The smallest absolute Gasteiger partial charge is 0.412 e. The molecule has 1 aliphatic rings. The molecule has 0 bridgehead atoms. The van der Waals surface area contributed by atoms with Crippen molar-refractivity contribution in [2.75, 3.05) is 18.5 Å². The molecule has 0 saturated carbocycles. The summed E-state index contributed by atoms with van der Waals surface area (Å²) in [4.78, 5) is 24.7. The van der Waals surface area contributed by atoms with Crippen LogP contribution in [0, 0.1) is 12.7 Å². The minimum Gasteiger partial charge on any atom is -0.481 e. The second kappa shape index (κ2) is 11.3. The fraction of sp³-hybridized carbons (Fsp3) is 0.258. The predicted molar refractivity (Wildman–Crippen MR) is 146 cm³/mol. The molecule has 0 aliphatic carbocycles. The highest BCUT2D eigenvalue weighted by Crippen LogP contribution is 2.38. The molecule has 0 radical (unpaired) electrons. The number of carboxylic acid groups (broad SMARTS) is 1. The SMILES string of the molecule is Cc1noc(-c2ccc(-c3ccc(C4(C(=O)O)CCOCC4)cc3)c(F)c2)c1NC(=O)OC(C)c1ccccc1. The van der Waals surface area contributed by atoms with E-state index in [1.54, 1.807) is 50.2 Å². The molecule has 8 nitrogen and oxygen atoms in total. The summed E-state index contributed by atoms with van der Waals surface area (Å²) < 4.78 is 31.7. The second-order valence-electron chi connectivity index (χ2n) is 9.83. The normalized spacial score (nSPS) is 15.3. The van der Waals surface area contributed by atoms with E-state index in [1.165, 1.54) is 6.07 Å². The number of rotatable bonds is 7. The summed E-state index contributed by atoms with van der Waals surface area (Å²) >= 11 is 0. The Morgan fingerprint density at radius 2 is 1.70 bits per heavy atom. The van der Waals surface area contributed by atoms with Crippen LogP contribution in [0.4, 0.5) is 14.9 Å². The Morgan fingerprint density at radius 3 is 2.35 bits per heavy atom. The van der Waals surface area contributed by atoms with E-state index in [2.05, 4.69) is 10.5 Å². The van der Waals surface area contributed by atoms with Crippen molar-refractivity contribution < 1.29 is 33.1 Å². The fourth-order valence-electron chi connectivity index (χ4n) is 5.00. The van der Waals surface area contributed by atoms with E-state index < -0.39 is 29.4 Å². The summed E-state index contributed by atoms with van der Waals surface area (Å²) in [7, 11) is 0. The van der Waals surface area contributed by atoms with Gasteiger partial charge in [-0.3, -0.25) is 10.1 Å². The van der Waals surface area contributed by atoms with Crippen molar-refractivity contribution >= 4 is 17.7 Å². The number of ether oxygens (including phenoxy) is 2. The molecule has 1 unspecified atom stereocenters. The maximum atomic E-state index is 15.4. The number of hydrogen-bond donors (Lipinski definition) is 2. The molecule has 0 spiro atoms. The number of halogens is 1. The summed E-state index contributed by atoms with van der Waals surface area (Å²) in [6.45, 7) is 4.19. The highest BCUT2D eigenvalue weighted by atomic mass is 19.1. The van der Waals surface area contributed by atoms with E-state index in [-0.39, 0.29) is 11.4 Å². The number of nitrogens with zero attached hydrogens (tertiary/aromatic N) is 1. The number of benzene rings is 3. The molecule has 1 amide bonds. The van der Waals surface area contributed by atoms with Crippen LogP contribution in [-0.2, 0) is 19.7 Å². The van der Waals surface area contributed by atoms with Gasteiger partial charge < -0.3 is 19.1 Å². The zero-order valence-electron chi connectivity index (χ0n) is 22.1. The Bertz CT molecular complexity index is 1510. The van der Waals surface area contributed by atoms with Crippen molar-refractivity contribution in [1.82, 2.24) is 5.16 Å². The summed E-state index contributed by atoms with van der Waals surface area (Å²) in [5.41, 5.74) is 2.54. The van der Waals surface area contributed by atoms with Gasteiger partial charge in [0.2, 0.25) is 0 Å². The average molecular weight is 545 g/mol. The maximum absolute atomic E-state index is 15.4. The maximum Gasteiger partial charge on any atom is 0.412 e. The number of anilines is 1. The molecule has 1 saturated heterocycles.